The molecule has 1 saturated heterocycles. The Morgan fingerprint density at radius 2 is 2.00 bits per heavy atom. The van der Waals surface area contributed by atoms with Gasteiger partial charge in [-0.15, -0.1) is 11.3 Å². The first-order valence-electron chi connectivity index (χ1n) is 9.36. The maximum absolute atomic E-state index is 12.2. The molecule has 2 aromatic rings. The monoisotopic (exact) mass is 387 g/mol. The maximum atomic E-state index is 12.2. The molecule has 7 heteroatoms. The van der Waals surface area contributed by atoms with Crippen molar-refractivity contribution in [2.24, 2.45) is 0 Å². The van der Waals surface area contributed by atoms with E-state index >= 15 is 0 Å². The minimum atomic E-state index is -0.264. The molecular weight excluding hydrogens is 362 g/mol. The Bertz CT molecular complexity index is 755. The number of amides is 2. The van der Waals surface area contributed by atoms with Gasteiger partial charge in [0.25, 0.3) is 0 Å². The second-order valence-corrected chi connectivity index (χ2v) is 7.46. The normalized spacial score (nSPS) is 14.8. The number of carbonyl (C=O) groups excluding carboxylic acids is 2. The number of thiazole rings is 1. The van der Waals surface area contributed by atoms with Gasteiger partial charge in [-0.3, -0.25) is 4.79 Å². The summed E-state index contributed by atoms with van der Waals surface area (Å²) in [6.07, 6.45) is 2.34. The number of hydrogen-bond donors (Lipinski definition) is 1. The number of benzene rings is 1. The number of piperidine rings is 1. The van der Waals surface area contributed by atoms with Gasteiger partial charge in [-0.1, -0.05) is 30.3 Å². The van der Waals surface area contributed by atoms with Gasteiger partial charge >= 0.3 is 6.09 Å². The van der Waals surface area contributed by atoms with Crippen molar-refractivity contribution in [3.63, 3.8) is 0 Å². The highest BCUT2D eigenvalue weighted by Crippen LogP contribution is 2.22. The van der Waals surface area contributed by atoms with E-state index in [2.05, 4.69) is 10.3 Å². The quantitative estimate of drug-likeness (QED) is 0.824. The van der Waals surface area contributed by atoms with Crippen LogP contribution < -0.4 is 5.32 Å². The first kappa shape index (κ1) is 19.4. The molecule has 2 amide bonds. The van der Waals surface area contributed by atoms with Crippen molar-refractivity contribution in [3.05, 3.63) is 40.7 Å². The van der Waals surface area contributed by atoms with E-state index in [0.717, 1.165) is 29.1 Å². The molecule has 0 saturated carbocycles. The summed E-state index contributed by atoms with van der Waals surface area (Å²) in [5.41, 5.74) is 2.06. The van der Waals surface area contributed by atoms with Crippen molar-refractivity contribution in [3.8, 4) is 11.3 Å². The summed E-state index contributed by atoms with van der Waals surface area (Å²) in [6, 6.07) is 10.2. The zero-order valence-electron chi connectivity index (χ0n) is 15.5. The van der Waals surface area contributed by atoms with E-state index in [9.17, 15) is 9.59 Å². The number of hydrogen-bond acceptors (Lipinski definition) is 5. The van der Waals surface area contributed by atoms with E-state index < -0.39 is 0 Å². The molecule has 6 nitrogen and oxygen atoms in total. The van der Waals surface area contributed by atoms with Crippen LogP contribution in [-0.2, 0) is 16.0 Å². The summed E-state index contributed by atoms with van der Waals surface area (Å²) >= 11 is 1.59. The number of aromatic nitrogens is 1. The number of aryl methyl sites for hydroxylation is 1. The SMILES string of the molecule is CCOC(=O)N1CCC(NC(=O)CCc2nc(-c3ccccc3)cs2)CC1. The molecule has 144 valence electrons. The van der Waals surface area contributed by atoms with Crippen LogP contribution in [0.2, 0.25) is 0 Å². The fraction of sp³-hybridized carbons (Fsp3) is 0.450. The molecule has 1 N–H and O–H groups in total. The van der Waals surface area contributed by atoms with Crippen LogP contribution in [-0.4, -0.2) is 47.6 Å². The van der Waals surface area contributed by atoms with Crippen LogP contribution in [0.4, 0.5) is 4.79 Å². The van der Waals surface area contributed by atoms with E-state index in [-0.39, 0.29) is 18.0 Å². The standard InChI is InChI=1S/C20H25N3O3S/c1-2-26-20(25)23-12-10-16(11-13-23)21-18(24)8-9-19-22-17(14-27-19)15-6-4-3-5-7-15/h3-7,14,16H,2,8-13H2,1H3,(H,21,24). The molecule has 1 aliphatic heterocycles. The third-order valence-corrected chi connectivity index (χ3v) is 5.48. The minimum absolute atomic E-state index is 0.0426. The van der Waals surface area contributed by atoms with Gasteiger partial charge in [-0.2, -0.15) is 0 Å². The molecule has 0 atom stereocenters. The van der Waals surface area contributed by atoms with Gasteiger partial charge in [0.05, 0.1) is 17.3 Å². The van der Waals surface area contributed by atoms with Gasteiger partial charge in [-0.25, -0.2) is 9.78 Å². The van der Waals surface area contributed by atoms with Crippen LogP contribution in [0.1, 0.15) is 31.2 Å². The predicted octanol–water partition coefficient (Wildman–Crippen LogP) is 3.48. The molecule has 2 heterocycles. The van der Waals surface area contributed by atoms with E-state index in [1.54, 1.807) is 23.2 Å². The van der Waals surface area contributed by atoms with Gasteiger partial charge in [0.2, 0.25) is 5.91 Å². The molecule has 0 unspecified atom stereocenters. The van der Waals surface area contributed by atoms with Crippen molar-refractivity contribution in [1.29, 1.82) is 0 Å². The minimum Gasteiger partial charge on any atom is -0.450 e. The summed E-state index contributed by atoms with van der Waals surface area (Å²) < 4.78 is 5.01. The highest BCUT2D eigenvalue weighted by atomic mass is 32.1. The maximum Gasteiger partial charge on any atom is 0.409 e. The molecule has 0 radical (unpaired) electrons. The average Bonchev–Trinajstić information content (AvgIpc) is 3.17. The van der Waals surface area contributed by atoms with Gasteiger partial charge < -0.3 is 15.0 Å². The lowest BCUT2D eigenvalue weighted by molar-refractivity contribution is -0.122. The molecule has 1 aromatic heterocycles. The number of carbonyl (C=O) groups is 2. The van der Waals surface area contributed by atoms with Crippen LogP contribution in [0.5, 0.6) is 0 Å². The van der Waals surface area contributed by atoms with Crippen molar-refractivity contribution < 1.29 is 14.3 Å². The zero-order valence-corrected chi connectivity index (χ0v) is 16.3. The Balaban J connectivity index is 1.41. The second-order valence-electron chi connectivity index (χ2n) is 6.52. The van der Waals surface area contributed by atoms with Gasteiger partial charge in [0, 0.05) is 42.9 Å². The smallest absolute Gasteiger partial charge is 0.409 e. The van der Waals surface area contributed by atoms with Crippen molar-refractivity contribution >= 4 is 23.3 Å². The summed E-state index contributed by atoms with van der Waals surface area (Å²) in [4.78, 5) is 30.3. The second kappa shape index (κ2) is 9.50. The Labute approximate surface area is 163 Å². The van der Waals surface area contributed by atoms with Crippen LogP contribution in [0, 0.1) is 0 Å². The number of likely N-dealkylation sites (tertiary alicyclic amines) is 1. The average molecular weight is 388 g/mol. The Hall–Kier alpha value is -2.41. The van der Waals surface area contributed by atoms with Crippen LogP contribution in [0.15, 0.2) is 35.7 Å². The summed E-state index contributed by atoms with van der Waals surface area (Å²) in [7, 11) is 0. The molecule has 3 rings (SSSR count). The lowest BCUT2D eigenvalue weighted by Gasteiger charge is -2.31. The third-order valence-electron chi connectivity index (χ3n) is 4.57. The number of nitrogens with one attached hydrogen (secondary N) is 1. The highest BCUT2D eigenvalue weighted by molar-refractivity contribution is 7.09. The van der Waals surface area contributed by atoms with Gasteiger partial charge in [0.15, 0.2) is 0 Å². The fourth-order valence-electron chi connectivity index (χ4n) is 3.11. The van der Waals surface area contributed by atoms with Crippen molar-refractivity contribution in [1.82, 2.24) is 15.2 Å². The van der Waals surface area contributed by atoms with Crippen molar-refractivity contribution in [2.75, 3.05) is 19.7 Å². The first-order chi connectivity index (χ1) is 13.2. The number of nitrogens with zero attached hydrogens (tertiary/aromatic N) is 2. The van der Waals surface area contributed by atoms with E-state index in [1.807, 2.05) is 35.7 Å². The summed E-state index contributed by atoms with van der Waals surface area (Å²) in [5, 5.41) is 6.09. The Kier molecular flexibility index (Phi) is 6.81. The molecule has 0 spiro atoms. The Morgan fingerprint density at radius 3 is 2.70 bits per heavy atom. The molecule has 1 fully saturated rings. The molecule has 27 heavy (non-hydrogen) atoms. The zero-order chi connectivity index (χ0) is 19.1. The largest absolute Gasteiger partial charge is 0.450 e. The summed E-state index contributed by atoms with van der Waals surface area (Å²) in [5.74, 6) is 0.0426. The van der Waals surface area contributed by atoms with Gasteiger partial charge in [0.1, 0.15) is 0 Å². The van der Waals surface area contributed by atoms with Gasteiger partial charge in [-0.05, 0) is 19.8 Å². The van der Waals surface area contributed by atoms with Crippen LogP contribution >= 0.6 is 11.3 Å². The topological polar surface area (TPSA) is 71.5 Å². The van der Waals surface area contributed by atoms with Crippen LogP contribution in [0.25, 0.3) is 11.3 Å². The fourth-order valence-corrected chi connectivity index (χ4v) is 3.92. The third kappa shape index (κ3) is 5.53. The molecule has 0 bridgehead atoms. The van der Waals surface area contributed by atoms with E-state index in [1.165, 1.54) is 0 Å². The first-order valence-corrected chi connectivity index (χ1v) is 10.2. The highest BCUT2D eigenvalue weighted by Gasteiger charge is 2.24. The van der Waals surface area contributed by atoms with E-state index in [4.69, 9.17) is 4.74 Å². The Morgan fingerprint density at radius 1 is 1.26 bits per heavy atom. The lowest BCUT2D eigenvalue weighted by atomic mass is 10.1. The molecule has 0 aliphatic carbocycles. The molecular formula is C20H25N3O3S. The number of ether oxygens (including phenoxy) is 1. The molecule has 1 aliphatic rings. The predicted molar refractivity (Wildman–Crippen MR) is 106 cm³/mol. The van der Waals surface area contributed by atoms with Crippen molar-refractivity contribution in [2.45, 2.75) is 38.6 Å². The molecule has 1 aromatic carbocycles. The summed E-state index contributed by atoms with van der Waals surface area (Å²) in [6.45, 7) is 3.43. The number of rotatable bonds is 6. The van der Waals surface area contributed by atoms with Crippen LogP contribution in [0.3, 0.4) is 0 Å². The lowest BCUT2D eigenvalue weighted by Crippen LogP contribution is -2.46. The van der Waals surface area contributed by atoms with E-state index in [0.29, 0.717) is 32.5 Å².